The van der Waals surface area contributed by atoms with E-state index in [-0.39, 0.29) is 0 Å². The molecule has 5 nitrogen and oxygen atoms in total. The van der Waals surface area contributed by atoms with Crippen LogP contribution in [0.4, 0.5) is 5.82 Å². The number of anilines is 1. The number of thiazole rings is 1. The van der Waals surface area contributed by atoms with E-state index in [4.69, 9.17) is 18.0 Å². The second-order valence-electron chi connectivity index (χ2n) is 4.24. The van der Waals surface area contributed by atoms with Gasteiger partial charge in [0.25, 0.3) is 0 Å². The molecule has 0 aliphatic carbocycles. The van der Waals surface area contributed by atoms with Crippen LogP contribution in [-0.2, 0) is 19.4 Å². The Hall–Kier alpha value is -1.60. The van der Waals surface area contributed by atoms with Gasteiger partial charge in [0.2, 0.25) is 0 Å². The zero-order valence-electron chi connectivity index (χ0n) is 11.5. The third-order valence-corrected chi connectivity index (χ3v) is 3.99. The average molecular weight is 307 g/mol. The molecule has 0 atom stereocenters. The van der Waals surface area contributed by atoms with Gasteiger partial charge in [0.15, 0.2) is 5.82 Å². The summed E-state index contributed by atoms with van der Waals surface area (Å²) in [6.07, 6.45) is 3.48. The lowest BCUT2D eigenvalue weighted by molar-refractivity contribution is 0.872. The minimum absolute atomic E-state index is 0.359. The van der Waals surface area contributed by atoms with Gasteiger partial charge in [-0.3, -0.25) is 4.98 Å². The molecule has 20 heavy (non-hydrogen) atoms. The van der Waals surface area contributed by atoms with Gasteiger partial charge >= 0.3 is 0 Å². The summed E-state index contributed by atoms with van der Waals surface area (Å²) >= 11 is 6.77. The third-order valence-electron chi connectivity index (χ3n) is 3.01. The predicted octanol–water partition coefficient (Wildman–Crippen LogP) is 2.30. The average Bonchev–Trinajstić information content (AvgIpc) is 2.96. The summed E-state index contributed by atoms with van der Waals surface area (Å²) in [5.74, 6) is 0.653. The number of aryl methyl sites for hydroxylation is 1. The quantitative estimate of drug-likeness (QED) is 0.798. The molecule has 0 amide bonds. The van der Waals surface area contributed by atoms with Crippen molar-refractivity contribution >= 4 is 34.4 Å². The van der Waals surface area contributed by atoms with Crippen LogP contribution in [0.15, 0.2) is 11.7 Å². The molecule has 0 bridgehead atoms. The van der Waals surface area contributed by atoms with Crippen molar-refractivity contribution in [3.8, 4) is 0 Å². The monoisotopic (exact) mass is 307 g/mol. The lowest BCUT2D eigenvalue weighted by Crippen LogP contribution is -2.19. The Morgan fingerprint density at radius 3 is 2.70 bits per heavy atom. The molecular formula is C13H17N5S2. The summed E-state index contributed by atoms with van der Waals surface area (Å²) in [5, 5.41) is 11.8. The van der Waals surface area contributed by atoms with E-state index in [9.17, 15) is 0 Å². The van der Waals surface area contributed by atoms with Crippen LogP contribution < -0.4 is 11.1 Å². The fourth-order valence-corrected chi connectivity index (χ4v) is 2.82. The molecule has 7 heteroatoms. The molecule has 2 heterocycles. The van der Waals surface area contributed by atoms with Crippen molar-refractivity contribution in [3.63, 3.8) is 0 Å². The predicted molar refractivity (Wildman–Crippen MR) is 86.1 cm³/mol. The zero-order valence-corrected chi connectivity index (χ0v) is 13.1. The highest BCUT2D eigenvalue weighted by Gasteiger charge is 2.16. The molecule has 2 aromatic rings. The Kier molecular flexibility index (Phi) is 4.97. The highest BCUT2D eigenvalue weighted by molar-refractivity contribution is 7.80. The van der Waals surface area contributed by atoms with Crippen LogP contribution in [0, 0.1) is 0 Å². The Morgan fingerprint density at radius 2 is 2.15 bits per heavy atom. The van der Waals surface area contributed by atoms with Crippen LogP contribution in [-0.4, -0.2) is 20.2 Å². The van der Waals surface area contributed by atoms with Gasteiger partial charge in [0, 0.05) is 11.1 Å². The maximum atomic E-state index is 5.88. The highest BCUT2D eigenvalue weighted by atomic mass is 32.1. The molecule has 0 saturated heterocycles. The molecule has 0 spiro atoms. The summed E-state index contributed by atoms with van der Waals surface area (Å²) in [4.78, 5) is 5.53. The number of hydrogen-bond acceptors (Lipinski definition) is 6. The summed E-state index contributed by atoms with van der Waals surface area (Å²) in [7, 11) is 0. The van der Waals surface area contributed by atoms with Crippen LogP contribution in [0.25, 0.3) is 0 Å². The third kappa shape index (κ3) is 3.10. The molecule has 3 N–H and O–H groups in total. The maximum absolute atomic E-state index is 5.88. The van der Waals surface area contributed by atoms with Crippen LogP contribution in [0.5, 0.6) is 0 Å². The number of aromatic nitrogens is 3. The SMILES string of the molecule is CCc1nnc(NCc2cncs2)c(C(N)=S)c1CC. The molecule has 0 aliphatic rings. The van der Waals surface area contributed by atoms with Gasteiger partial charge in [-0.15, -0.1) is 16.4 Å². The van der Waals surface area contributed by atoms with Crippen molar-refractivity contribution in [1.29, 1.82) is 0 Å². The van der Waals surface area contributed by atoms with E-state index in [1.54, 1.807) is 16.8 Å². The first-order valence-electron chi connectivity index (χ1n) is 6.46. The van der Waals surface area contributed by atoms with Gasteiger partial charge < -0.3 is 11.1 Å². The van der Waals surface area contributed by atoms with Gasteiger partial charge in [0.1, 0.15) is 4.99 Å². The van der Waals surface area contributed by atoms with E-state index < -0.39 is 0 Å². The van der Waals surface area contributed by atoms with E-state index in [1.807, 2.05) is 6.20 Å². The van der Waals surface area contributed by atoms with Crippen LogP contribution in [0.2, 0.25) is 0 Å². The number of nitrogens with one attached hydrogen (secondary N) is 1. The van der Waals surface area contributed by atoms with Crippen molar-refractivity contribution < 1.29 is 0 Å². The first-order valence-corrected chi connectivity index (χ1v) is 7.75. The number of nitrogens with two attached hydrogens (primary N) is 1. The van der Waals surface area contributed by atoms with Crippen LogP contribution >= 0.6 is 23.6 Å². The minimum atomic E-state index is 0.359. The fourth-order valence-electron chi connectivity index (χ4n) is 2.06. The number of thiocarbonyl (C=S) groups is 1. The van der Waals surface area contributed by atoms with Crippen molar-refractivity contribution in [3.05, 3.63) is 33.4 Å². The Bertz CT molecular complexity index is 595. The fraction of sp³-hybridized carbons (Fsp3) is 0.385. The molecule has 0 fully saturated rings. The van der Waals surface area contributed by atoms with Crippen molar-refractivity contribution in [1.82, 2.24) is 15.2 Å². The smallest absolute Gasteiger partial charge is 0.159 e. The molecule has 0 aliphatic heterocycles. The van der Waals surface area contributed by atoms with E-state index in [0.29, 0.717) is 17.4 Å². The van der Waals surface area contributed by atoms with Gasteiger partial charge in [-0.25, -0.2) is 0 Å². The minimum Gasteiger partial charge on any atom is -0.389 e. The molecule has 0 aromatic carbocycles. The Balaban J connectivity index is 2.34. The summed E-state index contributed by atoms with van der Waals surface area (Å²) in [6, 6.07) is 0. The summed E-state index contributed by atoms with van der Waals surface area (Å²) in [6.45, 7) is 4.77. The van der Waals surface area contributed by atoms with E-state index in [1.165, 1.54) is 0 Å². The molecule has 0 radical (unpaired) electrons. The summed E-state index contributed by atoms with van der Waals surface area (Å²) < 4.78 is 0. The lowest BCUT2D eigenvalue weighted by atomic mass is 10.0. The van der Waals surface area contributed by atoms with Crippen molar-refractivity contribution in [2.45, 2.75) is 33.2 Å². The van der Waals surface area contributed by atoms with Crippen molar-refractivity contribution in [2.24, 2.45) is 5.73 Å². The number of rotatable bonds is 6. The first-order chi connectivity index (χ1) is 9.67. The summed E-state index contributed by atoms with van der Waals surface area (Å²) in [5.41, 5.74) is 10.5. The number of hydrogen-bond donors (Lipinski definition) is 2. The van der Waals surface area contributed by atoms with Gasteiger partial charge in [-0.05, 0) is 18.4 Å². The maximum Gasteiger partial charge on any atom is 0.159 e. The van der Waals surface area contributed by atoms with Gasteiger partial charge in [0.05, 0.1) is 23.3 Å². The normalized spacial score (nSPS) is 10.5. The van der Waals surface area contributed by atoms with Crippen LogP contribution in [0.1, 0.15) is 35.5 Å². The standard InChI is InChI=1S/C13H17N5S2/c1-3-9-10(4-2)17-18-13(11(9)12(14)19)16-6-8-5-15-7-20-8/h5,7H,3-4,6H2,1-2H3,(H2,14,19)(H,16,18). The van der Waals surface area contributed by atoms with E-state index in [2.05, 4.69) is 34.3 Å². The second-order valence-corrected chi connectivity index (χ2v) is 5.65. The second kappa shape index (κ2) is 6.71. The first kappa shape index (κ1) is 14.8. The molecule has 0 saturated carbocycles. The van der Waals surface area contributed by atoms with E-state index in [0.717, 1.165) is 34.5 Å². The van der Waals surface area contributed by atoms with E-state index >= 15 is 0 Å². The molecule has 2 aromatic heterocycles. The Morgan fingerprint density at radius 1 is 1.35 bits per heavy atom. The Labute approximate surface area is 127 Å². The van der Waals surface area contributed by atoms with Gasteiger partial charge in [-0.1, -0.05) is 26.1 Å². The largest absolute Gasteiger partial charge is 0.389 e. The highest BCUT2D eigenvalue weighted by Crippen LogP contribution is 2.21. The molecule has 0 unspecified atom stereocenters. The van der Waals surface area contributed by atoms with Crippen molar-refractivity contribution in [2.75, 3.05) is 5.32 Å². The van der Waals surface area contributed by atoms with Crippen LogP contribution in [0.3, 0.4) is 0 Å². The molecule has 2 rings (SSSR count). The topological polar surface area (TPSA) is 76.7 Å². The zero-order chi connectivity index (χ0) is 14.5. The molecular weight excluding hydrogens is 290 g/mol. The lowest BCUT2D eigenvalue weighted by Gasteiger charge is -2.15. The number of nitrogens with zero attached hydrogens (tertiary/aromatic N) is 3. The van der Waals surface area contributed by atoms with Gasteiger partial charge in [-0.2, -0.15) is 5.10 Å². The molecule has 106 valence electrons.